The summed E-state index contributed by atoms with van der Waals surface area (Å²) in [7, 11) is 0. The molecule has 22 heavy (non-hydrogen) atoms. The molecule has 0 spiro atoms. The van der Waals surface area contributed by atoms with Crippen LogP contribution >= 0.6 is 46.6 Å². The van der Waals surface area contributed by atoms with Gasteiger partial charge in [0.2, 0.25) is 5.91 Å². The lowest BCUT2D eigenvalue weighted by atomic mass is 10.2. The Hall–Kier alpha value is -1.28. The number of rotatable bonds is 3. The predicted molar refractivity (Wildman–Crippen MR) is 84.9 cm³/mol. The van der Waals surface area contributed by atoms with Crippen LogP contribution in [0.5, 0.6) is 0 Å². The van der Waals surface area contributed by atoms with Crippen molar-refractivity contribution in [1.29, 1.82) is 0 Å². The second-order valence-corrected chi connectivity index (χ2v) is 6.27. The van der Waals surface area contributed by atoms with Crippen LogP contribution in [0.4, 0.5) is 10.1 Å². The quantitative estimate of drug-likeness (QED) is 0.578. The molecule has 116 valence electrons. The number of carbonyl (C=O) groups excluding carboxylic acids is 1. The molecular formula is C12H6Cl3FN2O3S. The molecule has 1 aliphatic heterocycles. The van der Waals surface area contributed by atoms with E-state index in [0.29, 0.717) is 0 Å². The normalized spacial score (nSPS) is 16.7. The number of benzene rings is 1. The Morgan fingerprint density at radius 2 is 1.86 bits per heavy atom. The van der Waals surface area contributed by atoms with Crippen LogP contribution in [0.3, 0.4) is 0 Å². The van der Waals surface area contributed by atoms with Crippen LogP contribution in [0.15, 0.2) is 44.5 Å². The average Bonchev–Trinajstić information content (AvgIpc) is 2.81. The fourth-order valence-corrected chi connectivity index (χ4v) is 3.17. The third kappa shape index (κ3) is 3.38. The Balaban J connectivity index is 2.63. The van der Waals surface area contributed by atoms with Crippen molar-refractivity contribution in [3.63, 3.8) is 0 Å². The molecule has 0 aliphatic carbocycles. The lowest BCUT2D eigenvalue weighted by molar-refractivity contribution is -0.420. The van der Waals surface area contributed by atoms with Gasteiger partial charge in [0, 0.05) is 5.69 Å². The van der Waals surface area contributed by atoms with E-state index in [-0.39, 0.29) is 16.5 Å². The van der Waals surface area contributed by atoms with Gasteiger partial charge in [0.25, 0.3) is 0 Å². The van der Waals surface area contributed by atoms with E-state index < -0.39 is 31.9 Å². The number of halogens is 4. The van der Waals surface area contributed by atoms with Crippen molar-refractivity contribution in [3.8, 4) is 0 Å². The number of anilines is 1. The molecule has 0 unspecified atom stereocenters. The summed E-state index contributed by atoms with van der Waals surface area (Å²) in [6, 6.07) is 4.94. The van der Waals surface area contributed by atoms with E-state index in [9.17, 15) is 19.3 Å². The highest BCUT2D eigenvalue weighted by Gasteiger charge is 2.37. The van der Waals surface area contributed by atoms with E-state index in [2.05, 4.69) is 0 Å². The van der Waals surface area contributed by atoms with Crippen molar-refractivity contribution < 1.29 is 14.1 Å². The highest BCUT2D eigenvalue weighted by molar-refractivity contribution is 8.04. The molecule has 0 atom stereocenters. The number of thioether (sulfide) groups is 1. The number of hydrogen-bond donors (Lipinski definition) is 0. The van der Waals surface area contributed by atoms with Crippen molar-refractivity contribution >= 4 is 58.2 Å². The topological polar surface area (TPSA) is 63.4 Å². The summed E-state index contributed by atoms with van der Waals surface area (Å²) in [5, 5.41) is 10.8. The summed E-state index contributed by atoms with van der Waals surface area (Å²) >= 11 is 17.7. The number of carbonyl (C=O) groups is 1. The van der Waals surface area contributed by atoms with Gasteiger partial charge in [-0.05, 0) is 24.3 Å². The van der Waals surface area contributed by atoms with Gasteiger partial charge in [-0.2, -0.15) is 0 Å². The second kappa shape index (κ2) is 6.87. The molecule has 1 saturated heterocycles. The molecule has 1 aromatic rings. The lowest BCUT2D eigenvalue weighted by Gasteiger charge is -2.17. The summed E-state index contributed by atoms with van der Waals surface area (Å²) < 4.78 is 12.5. The minimum absolute atomic E-state index is 0.0197. The molecule has 1 aliphatic rings. The van der Waals surface area contributed by atoms with E-state index in [1.165, 1.54) is 12.1 Å². The van der Waals surface area contributed by atoms with Crippen LogP contribution in [-0.2, 0) is 4.79 Å². The predicted octanol–water partition coefficient (Wildman–Crippen LogP) is 4.24. The van der Waals surface area contributed by atoms with E-state index in [1.807, 2.05) is 0 Å². The Morgan fingerprint density at radius 1 is 1.27 bits per heavy atom. The zero-order valence-corrected chi connectivity index (χ0v) is 13.6. The van der Waals surface area contributed by atoms with Crippen molar-refractivity contribution in [3.05, 3.63) is 60.4 Å². The molecule has 0 N–H and O–H groups in total. The van der Waals surface area contributed by atoms with Crippen LogP contribution in [0.25, 0.3) is 0 Å². The second-order valence-electron chi connectivity index (χ2n) is 3.98. The maximum atomic E-state index is 13.0. The van der Waals surface area contributed by atoms with Crippen LogP contribution in [-0.4, -0.2) is 16.6 Å². The average molecular weight is 384 g/mol. The van der Waals surface area contributed by atoms with Gasteiger partial charge < -0.3 is 0 Å². The molecule has 5 nitrogen and oxygen atoms in total. The zero-order chi connectivity index (χ0) is 16.4. The standard InChI is InChI=1S/C12H6Cl3FN2O3S/c13-9(11(14)15)10(18(20)21)12-17(8(19)5-22-12)7-3-1-6(16)2-4-7/h1-4H,5H2. The maximum Gasteiger partial charge on any atom is 0.320 e. The molecule has 1 aromatic carbocycles. The Morgan fingerprint density at radius 3 is 2.36 bits per heavy atom. The Bertz CT molecular complexity index is 702. The van der Waals surface area contributed by atoms with Gasteiger partial charge in [0.15, 0.2) is 10.1 Å². The van der Waals surface area contributed by atoms with Crippen LogP contribution in [0.1, 0.15) is 0 Å². The van der Waals surface area contributed by atoms with Crippen LogP contribution in [0.2, 0.25) is 0 Å². The lowest BCUT2D eigenvalue weighted by Crippen LogP contribution is -2.25. The van der Waals surface area contributed by atoms with E-state index >= 15 is 0 Å². The summed E-state index contributed by atoms with van der Waals surface area (Å²) in [6.45, 7) is 0. The monoisotopic (exact) mass is 382 g/mol. The molecule has 1 fully saturated rings. The van der Waals surface area contributed by atoms with Gasteiger partial charge >= 0.3 is 5.70 Å². The molecule has 0 aromatic heterocycles. The maximum absolute atomic E-state index is 13.0. The zero-order valence-electron chi connectivity index (χ0n) is 10.6. The SMILES string of the molecule is O=C1CSC(=C(C(Cl)=C(Cl)Cl)[N+](=O)[O-])N1c1ccc(F)cc1. The number of nitrogens with zero attached hydrogens (tertiary/aromatic N) is 2. The third-order valence-corrected chi connectivity index (χ3v) is 4.61. The first kappa shape index (κ1) is 17.1. The molecular weight excluding hydrogens is 378 g/mol. The Kier molecular flexibility index (Phi) is 5.33. The van der Waals surface area contributed by atoms with E-state index in [4.69, 9.17) is 34.8 Å². The van der Waals surface area contributed by atoms with Crippen LogP contribution < -0.4 is 4.90 Å². The van der Waals surface area contributed by atoms with Gasteiger partial charge in [-0.15, -0.1) is 0 Å². The number of nitro groups is 1. The summed E-state index contributed by atoms with van der Waals surface area (Å²) in [5.41, 5.74) is -0.303. The number of amides is 1. The minimum atomic E-state index is -0.773. The third-order valence-electron chi connectivity index (χ3n) is 2.63. The first-order chi connectivity index (χ1) is 10.3. The van der Waals surface area contributed by atoms with Gasteiger partial charge in [-0.3, -0.25) is 19.8 Å². The smallest absolute Gasteiger partial charge is 0.273 e. The first-order valence-electron chi connectivity index (χ1n) is 5.64. The highest BCUT2D eigenvalue weighted by atomic mass is 35.5. The summed E-state index contributed by atoms with van der Waals surface area (Å²) in [6.07, 6.45) is 0. The molecule has 0 radical (unpaired) electrons. The van der Waals surface area contributed by atoms with Gasteiger partial charge in [0.05, 0.1) is 10.7 Å². The summed E-state index contributed by atoms with van der Waals surface area (Å²) in [5.74, 6) is -0.917. The van der Waals surface area contributed by atoms with Crippen molar-refractivity contribution in [2.75, 3.05) is 10.7 Å². The van der Waals surface area contributed by atoms with Crippen molar-refractivity contribution in [2.45, 2.75) is 0 Å². The first-order valence-corrected chi connectivity index (χ1v) is 7.76. The van der Waals surface area contributed by atoms with Crippen molar-refractivity contribution in [2.24, 2.45) is 0 Å². The molecule has 10 heteroatoms. The summed E-state index contributed by atoms with van der Waals surface area (Å²) in [4.78, 5) is 23.6. The van der Waals surface area contributed by atoms with E-state index in [1.54, 1.807) is 0 Å². The van der Waals surface area contributed by atoms with Gasteiger partial charge in [-0.25, -0.2) is 4.39 Å². The molecule has 1 amide bonds. The molecule has 2 rings (SSSR count). The fourth-order valence-electron chi connectivity index (χ4n) is 1.74. The number of hydrogen-bond acceptors (Lipinski definition) is 4. The highest BCUT2D eigenvalue weighted by Crippen LogP contribution is 2.40. The molecule has 0 saturated carbocycles. The van der Waals surface area contributed by atoms with Crippen LogP contribution in [0, 0.1) is 15.9 Å². The fraction of sp³-hybridized carbons (Fsp3) is 0.0833. The van der Waals surface area contributed by atoms with Gasteiger partial charge in [-0.1, -0.05) is 46.6 Å². The largest absolute Gasteiger partial charge is 0.320 e. The number of allylic oxidation sites excluding steroid dienone is 1. The van der Waals surface area contributed by atoms with Gasteiger partial charge in [0.1, 0.15) is 10.3 Å². The van der Waals surface area contributed by atoms with Crippen molar-refractivity contribution in [1.82, 2.24) is 0 Å². The molecule has 0 bridgehead atoms. The minimum Gasteiger partial charge on any atom is -0.273 e. The molecule has 1 heterocycles. The van der Waals surface area contributed by atoms with E-state index in [0.717, 1.165) is 28.8 Å². The Labute approximate surface area is 143 Å².